The summed E-state index contributed by atoms with van der Waals surface area (Å²) in [6.45, 7) is -0.282. The van der Waals surface area contributed by atoms with Gasteiger partial charge in [-0.15, -0.1) is 0 Å². The first-order valence-electron chi connectivity index (χ1n) is 10.5. The number of piperidine rings is 1. The highest BCUT2D eigenvalue weighted by Crippen LogP contribution is 2.26. The predicted octanol–water partition coefficient (Wildman–Crippen LogP) is 3.34. The second kappa shape index (κ2) is 10.1. The average molecular weight is 544 g/mol. The van der Waals surface area contributed by atoms with E-state index in [9.17, 15) is 26.8 Å². The van der Waals surface area contributed by atoms with Gasteiger partial charge in [0.15, 0.2) is 10.6 Å². The number of halogens is 3. The third kappa shape index (κ3) is 5.30. The number of aromatic nitrogens is 1. The minimum Gasteiger partial charge on any atom is -0.468 e. The Morgan fingerprint density at radius 3 is 2.63 bits per heavy atom. The molecule has 2 aromatic carbocycles. The van der Waals surface area contributed by atoms with Gasteiger partial charge in [0.05, 0.1) is 28.1 Å². The maximum atomic E-state index is 14.5. The van der Waals surface area contributed by atoms with Crippen molar-refractivity contribution in [3.63, 3.8) is 0 Å². The number of esters is 1. The molecule has 1 aliphatic rings. The molecule has 0 N–H and O–H groups in total. The van der Waals surface area contributed by atoms with Crippen molar-refractivity contribution in [1.82, 2.24) is 8.87 Å². The molecular weight excluding hydrogens is 524 g/mol. The smallest absolute Gasteiger partial charge is 0.325 e. The summed E-state index contributed by atoms with van der Waals surface area (Å²) in [6.07, 6.45) is 0.840. The molecule has 1 atom stereocenters. The Labute approximate surface area is 208 Å². The fraction of sp³-hybridized carbons (Fsp3) is 0.318. The van der Waals surface area contributed by atoms with Gasteiger partial charge < -0.3 is 9.30 Å². The number of benzene rings is 2. The van der Waals surface area contributed by atoms with Crippen LogP contribution in [-0.2, 0) is 30.9 Å². The van der Waals surface area contributed by atoms with E-state index in [2.05, 4.69) is 9.73 Å². The lowest BCUT2D eigenvalue weighted by atomic mass is 9.99. The van der Waals surface area contributed by atoms with Crippen molar-refractivity contribution in [3.8, 4) is 0 Å². The van der Waals surface area contributed by atoms with Gasteiger partial charge in [0.25, 0.3) is 5.91 Å². The number of methoxy groups -OCH3 is 1. The molecule has 3 aromatic rings. The summed E-state index contributed by atoms with van der Waals surface area (Å²) in [7, 11) is -2.69. The number of fused-ring (bicyclic) bond motifs is 1. The lowest BCUT2D eigenvalue weighted by molar-refractivity contribution is -0.141. The zero-order valence-electron chi connectivity index (χ0n) is 18.4. The van der Waals surface area contributed by atoms with E-state index in [0.29, 0.717) is 23.9 Å². The molecule has 0 radical (unpaired) electrons. The van der Waals surface area contributed by atoms with Gasteiger partial charge in [-0.25, -0.2) is 17.2 Å². The molecule has 1 saturated heterocycles. The largest absolute Gasteiger partial charge is 0.468 e. The Hall–Kier alpha value is -2.67. The Morgan fingerprint density at radius 1 is 1.23 bits per heavy atom. The van der Waals surface area contributed by atoms with E-state index < -0.39 is 46.0 Å². The van der Waals surface area contributed by atoms with Crippen LogP contribution in [0.25, 0.3) is 10.2 Å². The van der Waals surface area contributed by atoms with Crippen molar-refractivity contribution in [3.05, 3.63) is 57.9 Å². The predicted molar refractivity (Wildman–Crippen MR) is 125 cm³/mol. The van der Waals surface area contributed by atoms with Gasteiger partial charge in [-0.2, -0.15) is 9.30 Å². The molecule has 0 bridgehead atoms. The Morgan fingerprint density at radius 2 is 1.94 bits per heavy atom. The van der Waals surface area contributed by atoms with Crippen LogP contribution < -0.4 is 4.80 Å². The Kier molecular flexibility index (Phi) is 7.36. The number of thiazole rings is 1. The minimum absolute atomic E-state index is 0.0161. The monoisotopic (exact) mass is 543 g/mol. The number of hydrogen-bond donors (Lipinski definition) is 0. The van der Waals surface area contributed by atoms with E-state index in [1.54, 1.807) is 0 Å². The number of sulfonamides is 1. The minimum atomic E-state index is -3.85. The normalized spacial score (nSPS) is 17.6. The quantitative estimate of drug-likeness (QED) is 0.460. The molecule has 2 heterocycles. The zero-order chi connectivity index (χ0) is 25.3. The summed E-state index contributed by atoms with van der Waals surface area (Å²) >= 11 is 6.70. The van der Waals surface area contributed by atoms with Crippen LogP contribution in [0.4, 0.5) is 8.78 Å². The van der Waals surface area contributed by atoms with Crippen LogP contribution in [0.3, 0.4) is 0 Å². The molecule has 35 heavy (non-hydrogen) atoms. The van der Waals surface area contributed by atoms with Gasteiger partial charge in [0, 0.05) is 24.2 Å². The SMILES string of the molecule is COC(=O)Cn1c(=NC(=O)C2CCCN(S(=O)(=O)c3ccc(Cl)cc3)C2)sc2cc(F)cc(F)c21. The van der Waals surface area contributed by atoms with Crippen LogP contribution in [0.5, 0.6) is 0 Å². The Bertz CT molecular complexity index is 1470. The van der Waals surface area contributed by atoms with E-state index in [4.69, 9.17) is 11.6 Å². The summed E-state index contributed by atoms with van der Waals surface area (Å²) in [6, 6.07) is 7.50. The first-order chi connectivity index (χ1) is 16.6. The number of rotatable bonds is 5. The highest BCUT2D eigenvalue weighted by Gasteiger charge is 2.33. The number of nitrogens with zero attached hydrogens (tertiary/aromatic N) is 3. The number of hydrogen-bond acceptors (Lipinski definition) is 6. The highest BCUT2D eigenvalue weighted by atomic mass is 35.5. The molecule has 1 unspecified atom stereocenters. The lowest BCUT2D eigenvalue weighted by Gasteiger charge is -2.30. The molecule has 1 aliphatic heterocycles. The fourth-order valence-corrected chi connectivity index (χ4v) is 6.58. The maximum Gasteiger partial charge on any atom is 0.325 e. The van der Waals surface area contributed by atoms with Crippen molar-refractivity contribution in [1.29, 1.82) is 0 Å². The van der Waals surface area contributed by atoms with Crippen LogP contribution >= 0.6 is 22.9 Å². The van der Waals surface area contributed by atoms with Crippen molar-refractivity contribution >= 4 is 55.1 Å². The van der Waals surface area contributed by atoms with Crippen LogP contribution in [0.15, 0.2) is 46.3 Å². The Balaban J connectivity index is 1.67. The molecular formula is C22H20ClF2N3O5S2. The first-order valence-corrected chi connectivity index (χ1v) is 13.1. The lowest BCUT2D eigenvalue weighted by Crippen LogP contribution is -2.42. The molecule has 8 nitrogen and oxygen atoms in total. The number of ether oxygens (including phenoxy) is 1. The molecule has 186 valence electrons. The topological polar surface area (TPSA) is 98.0 Å². The fourth-order valence-electron chi connectivity index (χ4n) is 3.86. The molecule has 13 heteroatoms. The first kappa shape index (κ1) is 25.4. The number of carbonyl (C=O) groups is 2. The second-order valence-electron chi connectivity index (χ2n) is 7.89. The molecule has 1 amide bonds. The van der Waals surface area contributed by atoms with Crippen molar-refractivity contribution < 1.29 is 31.5 Å². The van der Waals surface area contributed by atoms with Crippen LogP contribution in [-0.4, -0.2) is 49.4 Å². The van der Waals surface area contributed by atoms with Crippen molar-refractivity contribution in [2.75, 3.05) is 20.2 Å². The van der Waals surface area contributed by atoms with E-state index in [1.165, 1.54) is 28.6 Å². The summed E-state index contributed by atoms with van der Waals surface area (Å²) in [5, 5.41) is 0.398. The molecule has 0 saturated carbocycles. The van der Waals surface area contributed by atoms with E-state index in [-0.39, 0.29) is 33.0 Å². The summed E-state index contributed by atoms with van der Waals surface area (Å²) < 4.78 is 61.5. The van der Waals surface area contributed by atoms with Gasteiger partial charge >= 0.3 is 5.97 Å². The van der Waals surface area contributed by atoms with E-state index in [0.717, 1.165) is 29.1 Å². The second-order valence-corrected chi connectivity index (χ2v) is 11.3. The number of amides is 1. The highest BCUT2D eigenvalue weighted by molar-refractivity contribution is 7.89. The van der Waals surface area contributed by atoms with Crippen molar-refractivity contribution in [2.45, 2.75) is 24.3 Å². The average Bonchev–Trinajstić information content (AvgIpc) is 3.15. The van der Waals surface area contributed by atoms with Gasteiger partial charge in [0.2, 0.25) is 10.0 Å². The summed E-state index contributed by atoms with van der Waals surface area (Å²) in [5.74, 6) is -3.79. The standard InChI is InChI=1S/C22H20ClF2N3O5S2/c1-33-19(29)12-28-20-17(25)9-15(24)10-18(20)34-22(28)26-21(30)13-3-2-8-27(11-13)35(31,32)16-6-4-14(23)5-7-16/h4-7,9-10,13H,2-3,8,11-12H2,1H3. The van der Waals surface area contributed by atoms with Gasteiger partial charge in [-0.05, 0) is 43.2 Å². The molecule has 1 fully saturated rings. The van der Waals surface area contributed by atoms with Crippen molar-refractivity contribution in [2.24, 2.45) is 10.9 Å². The summed E-state index contributed by atoms with van der Waals surface area (Å²) in [4.78, 5) is 29.1. The molecule has 4 rings (SSSR count). The third-order valence-electron chi connectivity index (χ3n) is 5.60. The summed E-state index contributed by atoms with van der Waals surface area (Å²) in [5.41, 5.74) is -0.0797. The van der Waals surface area contributed by atoms with E-state index >= 15 is 0 Å². The van der Waals surface area contributed by atoms with Crippen LogP contribution in [0.1, 0.15) is 12.8 Å². The van der Waals surface area contributed by atoms with Gasteiger partial charge in [-0.3, -0.25) is 9.59 Å². The molecule has 0 aliphatic carbocycles. The van der Waals surface area contributed by atoms with Gasteiger partial charge in [0.1, 0.15) is 12.4 Å². The van der Waals surface area contributed by atoms with Crippen LogP contribution in [0.2, 0.25) is 5.02 Å². The van der Waals surface area contributed by atoms with Crippen LogP contribution in [0, 0.1) is 17.6 Å². The third-order valence-corrected chi connectivity index (χ3v) is 8.76. The van der Waals surface area contributed by atoms with E-state index in [1.807, 2.05) is 0 Å². The molecule has 0 spiro atoms. The maximum absolute atomic E-state index is 14.5. The zero-order valence-corrected chi connectivity index (χ0v) is 20.8. The van der Waals surface area contributed by atoms with Gasteiger partial charge in [-0.1, -0.05) is 22.9 Å². The molecule has 1 aromatic heterocycles. The number of carbonyl (C=O) groups excluding carboxylic acids is 2.